The highest BCUT2D eigenvalue weighted by Gasteiger charge is 2.40. The van der Waals surface area contributed by atoms with Crippen LogP contribution < -0.4 is 10.6 Å². The predicted molar refractivity (Wildman–Crippen MR) is 105 cm³/mol. The number of nitriles is 1. The topological polar surface area (TPSA) is 88.4 Å². The van der Waals surface area contributed by atoms with E-state index in [9.17, 15) is 23.2 Å². The van der Waals surface area contributed by atoms with E-state index in [-0.39, 0.29) is 13.2 Å². The van der Waals surface area contributed by atoms with Crippen molar-refractivity contribution in [2.75, 3.05) is 19.7 Å². The maximum Gasteiger partial charge on any atom is 0.416 e. The summed E-state index contributed by atoms with van der Waals surface area (Å²) >= 11 is 0. The summed E-state index contributed by atoms with van der Waals surface area (Å²) in [6, 6.07) is 1.06. The Balaban J connectivity index is 1.89. The summed E-state index contributed by atoms with van der Waals surface area (Å²) in [5, 5.41) is 23.6. The fourth-order valence-corrected chi connectivity index (χ4v) is 3.67. The van der Waals surface area contributed by atoms with E-state index in [1.807, 2.05) is 6.92 Å². The largest absolute Gasteiger partial charge is 0.416 e. The third kappa shape index (κ3) is 4.19. The van der Waals surface area contributed by atoms with E-state index in [0.29, 0.717) is 35.5 Å². The number of allylic oxidation sites excluding steroid dienone is 7. The summed E-state index contributed by atoms with van der Waals surface area (Å²) in [6.07, 6.45) is 4.70. The minimum absolute atomic E-state index is 0.130. The Morgan fingerprint density at radius 3 is 2.67 bits per heavy atom. The fourth-order valence-electron chi connectivity index (χ4n) is 3.67. The van der Waals surface area contributed by atoms with Crippen molar-refractivity contribution in [2.45, 2.75) is 25.6 Å². The van der Waals surface area contributed by atoms with Crippen LogP contribution in [0.4, 0.5) is 18.0 Å². The number of nitrogens with one attached hydrogen (secondary N) is 2. The van der Waals surface area contributed by atoms with Crippen molar-refractivity contribution < 1.29 is 23.1 Å². The number of carbonyl (C=O) groups excluding carboxylic acids is 1. The van der Waals surface area contributed by atoms with Gasteiger partial charge >= 0.3 is 12.2 Å². The highest BCUT2D eigenvalue weighted by molar-refractivity contribution is 5.76. The van der Waals surface area contributed by atoms with Gasteiger partial charge in [0.25, 0.3) is 0 Å². The molecule has 3 aliphatic rings. The van der Waals surface area contributed by atoms with Crippen molar-refractivity contribution >= 4 is 6.03 Å². The lowest BCUT2D eigenvalue weighted by atomic mass is 9.95. The van der Waals surface area contributed by atoms with E-state index < -0.39 is 23.8 Å². The van der Waals surface area contributed by atoms with Crippen molar-refractivity contribution in [1.82, 2.24) is 15.5 Å². The molecule has 0 saturated carbocycles. The van der Waals surface area contributed by atoms with Gasteiger partial charge in [-0.25, -0.2) is 4.79 Å². The summed E-state index contributed by atoms with van der Waals surface area (Å²) in [4.78, 5) is 13.5. The Hall–Kier alpha value is -3.25. The lowest BCUT2D eigenvalue weighted by Gasteiger charge is -2.29. The smallest absolute Gasteiger partial charge is 0.395 e. The molecule has 0 fully saturated rings. The molecule has 0 radical (unpaired) electrons. The average molecular weight is 418 g/mol. The molecule has 1 unspecified atom stereocenters. The Kier molecular flexibility index (Phi) is 6.17. The van der Waals surface area contributed by atoms with Gasteiger partial charge in [-0.15, -0.1) is 0 Å². The van der Waals surface area contributed by atoms with Crippen LogP contribution in [0.25, 0.3) is 0 Å². The molecule has 1 aliphatic heterocycles. The number of carbonyl (C=O) groups is 1. The van der Waals surface area contributed by atoms with Crippen molar-refractivity contribution in [2.24, 2.45) is 0 Å². The quantitative estimate of drug-likeness (QED) is 0.655. The highest BCUT2D eigenvalue weighted by atomic mass is 19.4. The zero-order chi connectivity index (χ0) is 21.9. The van der Waals surface area contributed by atoms with Crippen molar-refractivity contribution in [1.29, 1.82) is 5.26 Å². The Bertz CT molecular complexity index is 962. The number of halogens is 3. The number of hydrogen-bond donors (Lipinski definition) is 3. The molecule has 0 bridgehead atoms. The Morgan fingerprint density at radius 2 is 2.10 bits per heavy atom. The fraction of sp³-hybridized carbons (Fsp3) is 0.333. The third-order valence-electron chi connectivity index (χ3n) is 4.99. The Morgan fingerprint density at radius 1 is 1.33 bits per heavy atom. The molecule has 0 saturated heterocycles. The molecule has 158 valence electrons. The van der Waals surface area contributed by atoms with Crippen LogP contribution in [-0.4, -0.2) is 48.0 Å². The second-order valence-corrected chi connectivity index (χ2v) is 6.80. The van der Waals surface area contributed by atoms with Gasteiger partial charge in [0, 0.05) is 18.8 Å². The average Bonchev–Trinajstić information content (AvgIpc) is 3.04. The van der Waals surface area contributed by atoms with Crippen LogP contribution in [0.1, 0.15) is 13.3 Å². The standard InChI is InChI=1S/C21H21F3N4O2/c1-2-28-18-11-14(21(22,23)24)5-8-16(18)17(12-25)19(28)13-3-6-15(7-4-13)27-20(30)26-9-10-29/h3,5-8,11,18,29H,2,4,9-10H2,1H3,(H2,26,27,30). The number of urea groups is 1. The van der Waals surface area contributed by atoms with Gasteiger partial charge in [-0.2, -0.15) is 18.4 Å². The lowest BCUT2D eigenvalue weighted by molar-refractivity contribution is -0.0888. The Labute approximate surface area is 172 Å². The second kappa shape index (κ2) is 8.63. The van der Waals surface area contributed by atoms with E-state index in [4.69, 9.17) is 5.11 Å². The first-order valence-corrected chi connectivity index (χ1v) is 9.45. The molecule has 3 N–H and O–H groups in total. The van der Waals surface area contributed by atoms with Gasteiger partial charge in [-0.1, -0.05) is 18.2 Å². The summed E-state index contributed by atoms with van der Waals surface area (Å²) in [5.74, 6) is 0. The van der Waals surface area contributed by atoms with Gasteiger partial charge < -0.3 is 20.6 Å². The lowest BCUT2D eigenvalue weighted by Crippen LogP contribution is -2.36. The van der Waals surface area contributed by atoms with E-state index in [1.165, 1.54) is 6.08 Å². The van der Waals surface area contributed by atoms with E-state index in [1.54, 1.807) is 23.1 Å². The van der Waals surface area contributed by atoms with E-state index in [2.05, 4.69) is 16.7 Å². The number of aliphatic hydroxyl groups is 1. The van der Waals surface area contributed by atoms with Gasteiger partial charge in [0.1, 0.15) is 6.07 Å². The third-order valence-corrected chi connectivity index (χ3v) is 4.99. The monoisotopic (exact) mass is 418 g/mol. The van der Waals surface area contributed by atoms with Crippen molar-refractivity contribution in [3.8, 4) is 6.07 Å². The zero-order valence-corrected chi connectivity index (χ0v) is 16.3. The van der Waals surface area contributed by atoms with Crippen LogP contribution in [0.15, 0.2) is 70.1 Å². The molecule has 1 heterocycles. The van der Waals surface area contributed by atoms with Crippen molar-refractivity contribution in [3.63, 3.8) is 0 Å². The molecular weight excluding hydrogens is 397 g/mol. The van der Waals surface area contributed by atoms with Gasteiger partial charge in [0.05, 0.1) is 29.5 Å². The van der Waals surface area contributed by atoms with Crippen LogP contribution in [0.2, 0.25) is 0 Å². The molecule has 2 aliphatic carbocycles. The number of aliphatic hydroxyl groups excluding tert-OH is 1. The summed E-state index contributed by atoms with van der Waals surface area (Å²) < 4.78 is 39.5. The molecule has 0 aromatic heterocycles. The first-order chi connectivity index (χ1) is 14.3. The van der Waals surface area contributed by atoms with Gasteiger partial charge in [-0.05, 0) is 42.7 Å². The molecule has 1 atom stereocenters. The minimum atomic E-state index is -4.45. The number of hydrogen-bond acceptors (Lipinski definition) is 4. The summed E-state index contributed by atoms with van der Waals surface area (Å²) in [7, 11) is 0. The molecule has 30 heavy (non-hydrogen) atoms. The normalized spacial score (nSPS) is 23.1. The summed E-state index contributed by atoms with van der Waals surface area (Å²) in [5.41, 5.74) is 2.14. The van der Waals surface area contributed by atoms with Gasteiger partial charge in [0.2, 0.25) is 0 Å². The molecule has 2 amide bonds. The zero-order valence-electron chi connectivity index (χ0n) is 16.3. The van der Waals surface area contributed by atoms with E-state index >= 15 is 0 Å². The maximum absolute atomic E-state index is 13.2. The van der Waals surface area contributed by atoms with Crippen molar-refractivity contribution in [3.05, 3.63) is 70.1 Å². The molecule has 0 aromatic carbocycles. The highest BCUT2D eigenvalue weighted by Crippen LogP contribution is 2.42. The second-order valence-electron chi connectivity index (χ2n) is 6.80. The molecule has 0 aromatic rings. The maximum atomic E-state index is 13.2. The van der Waals surface area contributed by atoms with Crippen LogP contribution in [-0.2, 0) is 0 Å². The predicted octanol–water partition coefficient (Wildman–Crippen LogP) is 2.96. The first-order valence-electron chi connectivity index (χ1n) is 9.45. The number of likely N-dealkylation sites (N-methyl/N-ethyl adjacent to an activating group) is 1. The van der Waals surface area contributed by atoms with Crippen LogP contribution in [0.3, 0.4) is 0 Å². The molecule has 9 heteroatoms. The molecule has 0 spiro atoms. The number of fused-ring (bicyclic) bond motifs is 1. The van der Waals surface area contributed by atoms with E-state index in [0.717, 1.165) is 17.7 Å². The number of nitrogens with zero attached hydrogens (tertiary/aromatic N) is 2. The number of alkyl halides is 3. The number of amides is 2. The van der Waals surface area contributed by atoms with Crippen LogP contribution in [0, 0.1) is 11.3 Å². The number of rotatable bonds is 4. The molecular formula is C21H21F3N4O2. The van der Waals surface area contributed by atoms with Gasteiger partial charge in [0.15, 0.2) is 0 Å². The SMILES string of the molecule is CCN1C(=C2C=CC(NC(=O)NCCO)=CC2)C(C#N)=C2C=CC(C(F)(F)F)=CC21. The van der Waals surface area contributed by atoms with Crippen LogP contribution in [0.5, 0.6) is 0 Å². The first kappa shape index (κ1) is 21.5. The molecule has 6 nitrogen and oxygen atoms in total. The minimum Gasteiger partial charge on any atom is -0.395 e. The van der Waals surface area contributed by atoms with Gasteiger partial charge in [-0.3, -0.25) is 0 Å². The molecule has 3 rings (SSSR count). The van der Waals surface area contributed by atoms with Crippen LogP contribution >= 0.6 is 0 Å². The summed E-state index contributed by atoms with van der Waals surface area (Å²) in [6.45, 7) is 2.22.